The second-order valence-electron chi connectivity index (χ2n) is 13.2. The summed E-state index contributed by atoms with van der Waals surface area (Å²) in [5.41, 5.74) is 8.81. The maximum atomic E-state index is 5.17. The number of hydrogen-bond donors (Lipinski definition) is 0. The fraction of sp³-hybridized carbons (Fsp3) is 0.0816. The van der Waals surface area contributed by atoms with E-state index in [1.165, 1.54) is 47.6 Å². The van der Waals surface area contributed by atoms with Crippen molar-refractivity contribution >= 4 is 69.7 Å². The van der Waals surface area contributed by atoms with Crippen LogP contribution in [0.1, 0.15) is 33.5 Å². The predicted octanol–water partition coefficient (Wildman–Crippen LogP) is 13.9. The van der Waals surface area contributed by atoms with Crippen LogP contribution in [0.2, 0.25) is 0 Å². The molecule has 0 radical (unpaired) electrons. The molecule has 0 amide bonds. The maximum Gasteiger partial charge on any atom is 0.238 e. The number of allylic oxidation sites excluding steroid dienone is 2. The van der Waals surface area contributed by atoms with E-state index in [0.717, 1.165) is 38.5 Å². The van der Waals surface area contributed by atoms with Crippen molar-refractivity contribution in [3.05, 3.63) is 164 Å². The van der Waals surface area contributed by atoms with E-state index in [4.69, 9.17) is 15.0 Å². The van der Waals surface area contributed by atoms with Gasteiger partial charge in [-0.25, -0.2) is 4.98 Å². The van der Waals surface area contributed by atoms with Crippen LogP contribution in [-0.2, 0) is 0 Å². The minimum Gasteiger partial charge on any atom is -0.277 e. The molecule has 10 aromatic rings. The molecule has 0 aliphatic rings. The molecule has 0 N–H and O–H groups in total. The Morgan fingerprint density at radius 1 is 0.519 bits per heavy atom. The van der Waals surface area contributed by atoms with Gasteiger partial charge in [-0.2, -0.15) is 9.97 Å². The lowest BCUT2D eigenvalue weighted by Gasteiger charge is -2.15. The van der Waals surface area contributed by atoms with Crippen molar-refractivity contribution in [2.45, 2.75) is 27.7 Å². The minimum absolute atomic E-state index is 0.598. The molecule has 3 heterocycles. The van der Waals surface area contributed by atoms with Gasteiger partial charge in [0.15, 0.2) is 11.6 Å². The normalized spacial score (nSPS) is 11.8. The van der Waals surface area contributed by atoms with Gasteiger partial charge >= 0.3 is 0 Å². The van der Waals surface area contributed by atoms with E-state index in [-0.39, 0.29) is 0 Å². The lowest BCUT2D eigenvalue weighted by atomic mass is 9.92. The quantitative estimate of drug-likeness (QED) is 0.178. The highest BCUT2D eigenvalue weighted by Gasteiger charge is 2.21. The Bertz CT molecular complexity index is 3040. The van der Waals surface area contributed by atoms with Gasteiger partial charge in [-0.1, -0.05) is 153 Å². The molecule has 0 spiro atoms. The van der Waals surface area contributed by atoms with Crippen LogP contribution < -0.4 is 0 Å². The molecule has 0 saturated carbocycles. The summed E-state index contributed by atoms with van der Waals surface area (Å²) in [6.07, 6.45) is 2.05. The van der Waals surface area contributed by atoms with E-state index in [1.54, 1.807) is 0 Å². The second kappa shape index (κ2) is 13.8. The molecule has 0 unspecified atom stereocenters. The molecule has 260 valence electrons. The molecule has 0 atom stereocenters. The number of rotatable bonds is 5. The van der Waals surface area contributed by atoms with Gasteiger partial charge < -0.3 is 0 Å². The number of para-hydroxylation sites is 2. The Kier molecular flexibility index (Phi) is 8.57. The van der Waals surface area contributed by atoms with E-state index < -0.39 is 0 Å². The van der Waals surface area contributed by atoms with Gasteiger partial charge in [-0.15, -0.1) is 11.3 Å². The fourth-order valence-corrected chi connectivity index (χ4v) is 8.77. The van der Waals surface area contributed by atoms with Crippen LogP contribution in [0.15, 0.2) is 158 Å². The molecule has 4 nitrogen and oxygen atoms in total. The maximum absolute atomic E-state index is 5.17. The van der Waals surface area contributed by atoms with E-state index in [9.17, 15) is 0 Å². The van der Waals surface area contributed by atoms with Crippen molar-refractivity contribution in [2.75, 3.05) is 0 Å². The molecular weight excluding hydrogens is 677 g/mol. The van der Waals surface area contributed by atoms with Gasteiger partial charge in [-0.05, 0) is 65.1 Å². The smallest absolute Gasteiger partial charge is 0.238 e. The highest BCUT2D eigenvalue weighted by molar-refractivity contribution is 7.25. The zero-order valence-electron chi connectivity index (χ0n) is 30.7. The van der Waals surface area contributed by atoms with Crippen LogP contribution in [0.5, 0.6) is 0 Å². The molecule has 0 fully saturated rings. The average molecular weight is 715 g/mol. The molecular formula is C49H38N4S. The molecule has 0 aliphatic heterocycles. The first kappa shape index (κ1) is 33.4. The van der Waals surface area contributed by atoms with Crippen LogP contribution in [0.25, 0.3) is 97.9 Å². The zero-order chi connectivity index (χ0) is 36.8. The second-order valence-corrected chi connectivity index (χ2v) is 14.3. The summed E-state index contributed by atoms with van der Waals surface area (Å²) in [6.45, 7) is 8.08. The number of hydrogen-bond acceptors (Lipinski definition) is 4. The van der Waals surface area contributed by atoms with Crippen LogP contribution in [0.3, 0.4) is 0 Å². The molecule has 0 aliphatic carbocycles. The number of fused-ring (bicyclic) bond motifs is 7. The summed E-state index contributed by atoms with van der Waals surface area (Å²) in [4.78, 5) is 15.2. The van der Waals surface area contributed by atoms with E-state index in [1.807, 2.05) is 50.3 Å². The van der Waals surface area contributed by atoms with Gasteiger partial charge in [0, 0.05) is 42.1 Å². The first-order chi connectivity index (χ1) is 26.7. The SMILES string of the molecule is C/C=C(\C)c1nc(-c2ccccc2)nc(-n2c3ccccc3c3cccc(-c4cccc5c(-c6ccc7c(c6)sc6ccccc67)cccc45)c32)n1.CC. The Morgan fingerprint density at radius 2 is 1.15 bits per heavy atom. The van der Waals surface area contributed by atoms with Crippen LogP contribution >= 0.6 is 11.3 Å². The molecule has 7 aromatic carbocycles. The van der Waals surface area contributed by atoms with Crippen LogP contribution in [0.4, 0.5) is 0 Å². The van der Waals surface area contributed by atoms with Crippen molar-refractivity contribution in [3.63, 3.8) is 0 Å². The topological polar surface area (TPSA) is 43.6 Å². The lowest BCUT2D eigenvalue weighted by molar-refractivity contribution is 0.930. The van der Waals surface area contributed by atoms with E-state index in [2.05, 4.69) is 151 Å². The van der Waals surface area contributed by atoms with Crippen molar-refractivity contribution in [3.8, 4) is 39.6 Å². The van der Waals surface area contributed by atoms with Crippen molar-refractivity contribution < 1.29 is 0 Å². The summed E-state index contributed by atoms with van der Waals surface area (Å²) >= 11 is 1.86. The van der Waals surface area contributed by atoms with Crippen molar-refractivity contribution in [2.24, 2.45) is 0 Å². The Morgan fingerprint density at radius 3 is 1.94 bits per heavy atom. The molecule has 54 heavy (non-hydrogen) atoms. The zero-order valence-corrected chi connectivity index (χ0v) is 31.5. The van der Waals surface area contributed by atoms with Gasteiger partial charge in [0.2, 0.25) is 5.95 Å². The summed E-state index contributed by atoms with van der Waals surface area (Å²) in [7, 11) is 0. The molecule has 5 heteroatoms. The van der Waals surface area contributed by atoms with Gasteiger partial charge in [0.1, 0.15) is 0 Å². The monoisotopic (exact) mass is 714 g/mol. The molecule has 0 bridgehead atoms. The highest BCUT2D eigenvalue weighted by atomic mass is 32.1. The third kappa shape index (κ3) is 5.48. The van der Waals surface area contributed by atoms with Gasteiger partial charge in [0.25, 0.3) is 0 Å². The highest BCUT2D eigenvalue weighted by Crippen LogP contribution is 2.43. The van der Waals surface area contributed by atoms with Crippen molar-refractivity contribution in [1.82, 2.24) is 19.5 Å². The number of benzene rings is 7. The third-order valence-electron chi connectivity index (χ3n) is 10.2. The van der Waals surface area contributed by atoms with E-state index >= 15 is 0 Å². The lowest BCUT2D eigenvalue weighted by Crippen LogP contribution is -2.08. The third-order valence-corrected chi connectivity index (χ3v) is 11.4. The number of nitrogens with zero attached hydrogens (tertiary/aromatic N) is 4. The molecule has 3 aromatic heterocycles. The fourth-order valence-electron chi connectivity index (χ4n) is 7.62. The average Bonchev–Trinajstić information content (AvgIpc) is 3.79. The van der Waals surface area contributed by atoms with Crippen molar-refractivity contribution in [1.29, 1.82) is 0 Å². The number of aromatic nitrogens is 4. The largest absolute Gasteiger partial charge is 0.277 e. The Labute approximate surface area is 318 Å². The van der Waals surface area contributed by atoms with Crippen LogP contribution in [-0.4, -0.2) is 19.5 Å². The first-order valence-electron chi connectivity index (χ1n) is 18.6. The first-order valence-corrected chi connectivity index (χ1v) is 19.4. The summed E-state index contributed by atoms with van der Waals surface area (Å²) < 4.78 is 4.86. The minimum atomic E-state index is 0.598. The predicted molar refractivity (Wildman–Crippen MR) is 232 cm³/mol. The standard InChI is InChI=1S/C47H32N4S.C2H6/c1-3-29(2)45-48-46(30-14-5-4-6-15-30)50-47(49-45)51-41-24-9-7-16-36(41)40-23-13-22-39(44(40)51)35-21-12-19-33-32(18-11-20-34(33)35)31-26-27-38-37-17-8-10-25-42(37)52-43(38)28-31;1-2/h3-28H,1-2H3;1-2H3/b29-3+;. The Balaban J connectivity index is 0.00000189. The van der Waals surface area contributed by atoms with Gasteiger partial charge in [0.05, 0.1) is 11.0 Å². The summed E-state index contributed by atoms with van der Waals surface area (Å²) in [6, 6.07) is 54.3. The van der Waals surface area contributed by atoms with E-state index in [0.29, 0.717) is 17.6 Å². The number of thiophene rings is 1. The molecule has 10 rings (SSSR count). The van der Waals surface area contributed by atoms with Crippen LogP contribution in [0, 0.1) is 0 Å². The summed E-state index contributed by atoms with van der Waals surface area (Å²) in [5, 5.41) is 7.36. The summed E-state index contributed by atoms with van der Waals surface area (Å²) in [5.74, 6) is 1.91. The Hall–Kier alpha value is -6.43. The molecule has 0 saturated heterocycles. The van der Waals surface area contributed by atoms with Gasteiger partial charge in [-0.3, -0.25) is 4.57 Å².